The molecule has 2 aliphatic heterocycles. The van der Waals surface area contributed by atoms with Gasteiger partial charge in [-0.25, -0.2) is 8.42 Å². The van der Waals surface area contributed by atoms with E-state index in [0.29, 0.717) is 32.0 Å². The summed E-state index contributed by atoms with van der Waals surface area (Å²) in [5, 5.41) is 2.58. The molecule has 184 valence electrons. The van der Waals surface area contributed by atoms with Crippen molar-refractivity contribution in [1.82, 2.24) is 4.31 Å². The zero-order chi connectivity index (χ0) is 24.3. The summed E-state index contributed by atoms with van der Waals surface area (Å²) in [5.74, 6) is -0.625. The molecule has 2 aromatic carbocycles. The Balaban J connectivity index is 1.66. The van der Waals surface area contributed by atoms with E-state index >= 15 is 0 Å². The standard InChI is InChI=1S/C22H24F3N3O5S/c23-22(24,25)16-1-3-17(4-2-16)26-21(29)19-15-18(34(30,31)28-9-13-33-14-10-28)5-6-20(19)27-7-11-32-12-8-27/h1-6,15H,7-14H2,(H,26,29). The summed E-state index contributed by atoms with van der Waals surface area (Å²) in [6.07, 6.45) is -4.49. The van der Waals surface area contributed by atoms with E-state index in [4.69, 9.17) is 9.47 Å². The van der Waals surface area contributed by atoms with E-state index in [-0.39, 0.29) is 42.4 Å². The molecule has 0 bridgehead atoms. The molecule has 2 aliphatic rings. The third kappa shape index (κ3) is 5.35. The van der Waals surface area contributed by atoms with Gasteiger partial charge in [0.15, 0.2) is 0 Å². The summed E-state index contributed by atoms with van der Waals surface area (Å²) in [6, 6.07) is 8.42. The quantitative estimate of drug-likeness (QED) is 0.681. The van der Waals surface area contributed by atoms with Crippen molar-refractivity contribution in [2.75, 3.05) is 62.8 Å². The number of benzene rings is 2. The topological polar surface area (TPSA) is 88.2 Å². The second-order valence-corrected chi connectivity index (χ2v) is 9.76. The van der Waals surface area contributed by atoms with Crippen molar-refractivity contribution in [1.29, 1.82) is 0 Å². The molecule has 2 aromatic rings. The summed E-state index contributed by atoms with van der Waals surface area (Å²) in [5.41, 5.74) is -0.0461. The van der Waals surface area contributed by atoms with Crippen molar-refractivity contribution in [3.8, 4) is 0 Å². The van der Waals surface area contributed by atoms with Crippen LogP contribution in [0.1, 0.15) is 15.9 Å². The van der Waals surface area contributed by atoms with Gasteiger partial charge in [-0.15, -0.1) is 0 Å². The molecule has 0 spiro atoms. The van der Waals surface area contributed by atoms with Gasteiger partial charge >= 0.3 is 6.18 Å². The molecule has 0 aromatic heterocycles. The van der Waals surface area contributed by atoms with Crippen molar-refractivity contribution in [3.63, 3.8) is 0 Å². The number of rotatable bonds is 5. The maximum absolute atomic E-state index is 13.2. The van der Waals surface area contributed by atoms with Crippen LogP contribution in [0.15, 0.2) is 47.4 Å². The van der Waals surface area contributed by atoms with Gasteiger partial charge in [0.25, 0.3) is 5.91 Å². The van der Waals surface area contributed by atoms with Crippen molar-refractivity contribution in [2.45, 2.75) is 11.1 Å². The van der Waals surface area contributed by atoms with Crippen LogP contribution in [0.2, 0.25) is 0 Å². The first-order valence-electron chi connectivity index (χ1n) is 10.7. The number of sulfonamides is 1. The Kier molecular flexibility index (Phi) is 7.12. The Labute approximate surface area is 195 Å². The number of hydrogen-bond donors (Lipinski definition) is 1. The number of carbonyl (C=O) groups is 1. The van der Waals surface area contributed by atoms with Crippen LogP contribution in [0.5, 0.6) is 0 Å². The molecule has 0 atom stereocenters. The first kappa shape index (κ1) is 24.5. The van der Waals surface area contributed by atoms with E-state index in [1.165, 1.54) is 16.4 Å². The van der Waals surface area contributed by atoms with Gasteiger partial charge in [-0.1, -0.05) is 0 Å². The maximum Gasteiger partial charge on any atom is 0.416 e. The van der Waals surface area contributed by atoms with Crippen molar-refractivity contribution in [2.24, 2.45) is 0 Å². The summed E-state index contributed by atoms with van der Waals surface area (Å²) < 4.78 is 76.7. The van der Waals surface area contributed by atoms with Gasteiger partial charge in [0.1, 0.15) is 0 Å². The van der Waals surface area contributed by atoms with Crippen LogP contribution in [0, 0.1) is 0 Å². The molecule has 1 amide bonds. The second kappa shape index (κ2) is 9.90. The minimum Gasteiger partial charge on any atom is -0.379 e. The van der Waals surface area contributed by atoms with E-state index < -0.39 is 27.7 Å². The van der Waals surface area contributed by atoms with Crippen LogP contribution in [-0.2, 0) is 25.7 Å². The van der Waals surface area contributed by atoms with Crippen molar-refractivity contribution >= 4 is 27.3 Å². The number of morpholine rings is 2. The predicted molar refractivity (Wildman–Crippen MR) is 118 cm³/mol. The number of carbonyl (C=O) groups excluding carboxylic acids is 1. The van der Waals surface area contributed by atoms with E-state index in [0.717, 1.165) is 24.3 Å². The molecule has 12 heteroatoms. The molecule has 1 N–H and O–H groups in total. The zero-order valence-electron chi connectivity index (χ0n) is 18.2. The van der Waals surface area contributed by atoms with Gasteiger partial charge in [0.05, 0.1) is 42.4 Å². The number of ether oxygens (including phenoxy) is 2. The van der Waals surface area contributed by atoms with Crippen LogP contribution in [0.25, 0.3) is 0 Å². The van der Waals surface area contributed by atoms with E-state index in [1.807, 2.05) is 4.90 Å². The molecule has 34 heavy (non-hydrogen) atoms. The van der Waals surface area contributed by atoms with Crippen LogP contribution < -0.4 is 10.2 Å². The number of amides is 1. The fourth-order valence-electron chi connectivity index (χ4n) is 3.81. The van der Waals surface area contributed by atoms with Crippen LogP contribution in [-0.4, -0.2) is 71.2 Å². The summed E-state index contributed by atoms with van der Waals surface area (Å²) >= 11 is 0. The lowest BCUT2D eigenvalue weighted by Crippen LogP contribution is -2.41. The predicted octanol–water partition coefficient (Wildman–Crippen LogP) is 2.82. The zero-order valence-corrected chi connectivity index (χ0v) is 19.0. The fourth-order valence-corrected chi connectivity index (χ4v) is 5.25. The van der Waals surface area contributed by atoms with Crippen molar-refractivity contribution in [3.05, 3.63) is 53.6 Å². The molecule has 0 unspecified atom stereocenters. The van der Waals surface area contributed by atoms with Gasteiger partial charge in [-0.3, -0.25) is 4.79 Å². The van der Waals surface area contributed by atoms with Gasteiger partial charge in [-0.05, 0) is 42.5 Å². The monoisotopic (exact) mass is 499 g/mol. The SMILES string of the molecule is O=C(Nc1ccc(C(F)(F)F)cc1)c1cc(S(=O)(=O)N2CCOCC2)ccc1N1CCOCC1. The Morgan fingerprint density at radius 1 is 0.882 bits per heavy atom. The minimum atomic E-state index is -4.49. The highest BCUT2D eigenvalue weighted by atomic mass is 32.2. The summed E-state index contributed by atoms with van der Waals surface area (Å²) in [4.78, 5) is 15.1. The van der Waals surface area contributed by atoms with E-state index in [1.54, 1.807) is 6.07 Å². The third-order valence-corrected chi connectivity index (χ3v) is 7.54. The highest BCUT2D eigenvalue weighted by Gasteiger charge is 2.31. The Hall–Kier alpha value is -2.67. The smallest absolute Gasteiger partial charge is 0.379 e. The van der Waals surface area contributed by atoms with Gasteiger partial charge in [-0.2, -0.15) is 17.5 Å². The van der Waals surface area contributed by atoms with Crippen LogP contribution >= 0.6 is 0 Å². The largest absolute Gasteiger partial charge is 0.416 e. The highest BCUT2D eigenvalue weighted by molar-refractivity contribution is 7.89. The normalized spacial score (nSPS) is 18.0. The number of anilines is 2. The first-order valence-corrected chi connectivity index (χ1v) is 12.1. The van der Waals surface area contributed by atoms with Gasteiger partial charge < -0.3 is 19.7 Å². The van der Waals surface area contributed by atoms with E-state index in [2.05, 4.69) is 5.32 Å². The lowest BCUT2D eigenvalue weighted by atomic mass is 10.1. The summed E-state index contributed by atoms with van der Waals surface area (Å²) in [6.45, 7) is 2.91. The Bertz CT molecular complexity index is 1130. The summed E-state index contributed by atoms with van der Waals surface area (Å²) in [7, 11) is -3.86. The molecule has 0 saturated carbocycles. The molecule has 0 radical (unpaired) electrons. The van der Waals surface area contributed by atoms with Crippen molar-refractivity contribution < 1.29 is 35.9 Å². The van der Waals surface area contributed by atoms with Gasteiger partial charge in [0, 0.05) is 37.6 Å². The van der Waals surface area contributed by atoms with Crippen LogP contribution in [0.4, 0.5) is 24.5 Å². The van der Waals surface area contributed by atoms with Gasteiger partial charge in [0.2, 0.25) is 10.0 Å². The number of halogens is 3. The molecule has 2 saturated heterocycles. The number of nitrogens with zero attached hydrogens (tertiary/aromatic N) is 2. The van der Waals surface area contributed by atoms with E-state index in [9.17, 15) is 26.4 Å². The molecular weight excluding hydrogens is 475 g/mol. The minimum absolute atomic E-state index is 0.0380. The fraction of sp³-hybridized carbons (Fsp3) is 0.409. The number of nitrogens with one attached hydrogen (secondary N) is 1. The maximum atomic E-state index is 13.2. The highest BCUT2D eigenvalue weighted by Crippen LogP contribution is 2.31. The lowest BCUT2D eigenvalue weighted by Gasteiger charge is -2.31. The Morgan fingerprint density at radius 3 is 2.06 bits per heavy atom. The average molecular weight is 500 g/mol. The third-order valence-electron chi connectivity index (χ3n) is 5.64. The molecule has 8 nitrogen and oxygen atoms in total. The van der Waals surface area contributed by atoms with Crippen LogP contribution in [0.3, 0.4) is 0 Å². The molecule has 4 rings (SSSR count). The Morgan fingerprint density at radius 2 is 1.47 bits per heavy atom. The molecule has 2 fully saturated rings. The molecular formula is C22H24F3N3O5S. The lowest BCUT2D eigenvalue weighted by molar-refractivity contribution is -0.137. The average Bonchev–Trinajstić information content (AvgIpc) is 2.84. The number of alkyl halides is 3. The second-order valence-electron chi connectivity index (χ2n) is 7.82. The molecule has 2 heterocycles. The number of hydrogen-bond acceptors (Lipinski definition) is 6. The first-order chi connectivity index (χ1) is 16.2. The molecule has 0 aliphatic carbocycles.